The molecule has 6 nitrogen and oxygen atoms in total. The summed E-state index contributed by atoms with van der Waals surface area (Å²) in [5.74, 6) is 0. The van der Waals surface area contributed by atoms with Crippen LogP contribution >= 0.6 is 0 Å². The lowest BCUT2D eigenvalue weighted by Crippen LogP contribution is -2.00. The van der Waals surface area contributed by atoms with Gasteiger partial charge in [-0.25, -0.2) is 0 Å². The molecule has 0 amide bonds. The van der Waals surface area contributed by atoms with Crippen molar-refractivity contribution in [3.8, 4) is 57.9 Å². The van der Waals surface area contributed by atoms with Gasteiger partial charge in [-0.15, -0.1) is 0 Å². The third-order valence-corrected chi connectivity index (χ3v) is 9.86. The van der Waals surface area contributed by atoms with Crippen molar-refractivity contribution in [3.05, 3.63) is 168 Å². The summed E-state index contributed by atoms with van der Waals surface area (Å²) in [5, 5.41) is 43.9. The van der Waals surface area contributed by atoms with Gasteiger partial charge in [0.25, 0.3) is 0 Å². The maximum atomic E-state index is 10.1. The van der Waals surface area contributed by atoms with Gasteiger partial charge in [0.2, 0.25) is 0 Å². The van der Waals surface area contributed by atoms with Crippen molar-refractivity contribution < 1.29 is 0 Å². The van der Waals surface area contributed by atoms with Crippen molar-refractivity contribution in [2.75, 3.05) is 0 Å². The predicted molar refractivity (Wildman–Crippen MR) is 205 cm³/mol. The Balaban J connectivity index is 1.32. The predicted octanol–water partition coefficient (Wildman–Crippen LogP) is 10.7. The van der Waals surface area contributed by atoms with Crippen LogP contribution < -0.4 is 0 Å². The molecule has 0 saturated carbocycles. The Kier molecular flexibility index (Phi) is 6.91. The minimum atomic E-state index is 0.355. The topological polar surface area (TPSA) is 105 Å². The standard InChI is InChI=1S/C46H24N6/c47-25-29-13-17-34(33(21-29)28-50)39-23-31(27-49)15-19-45(39)52-43-12-6-3-9-37(43)40-24-32(16-20-46(40)52)38-22-30(26-48)14-18-44(38)51-41-10-4-1-7-35(41)36-8-2-5-11-42(36)51/h1-24H. The smallest absolute Gasteiger partial charge is 0.0998 e. The summed E-state index contributed by atoms with van der Waals surface area (Å²) in [4.78, 5) is 0. The quantitative estimate of drug-likeness (QED) is 0.187. The summed E-state index contributed by atoms with van der Waals surface area (Å²) >= 11 is 0. The molecule has 0 radical (unpaired) electrons. The van der Waals surface area contributed by atoms with Crippen LogP contribution in [0.5, 0.6) is 0 Å². The average Bonchev–Trinajstić information content (AvgIpc) is 3.72. The Morgan fingerprint density at radius 1 is 0.346 bits per heavy atom. The van der Waals surface area contributed by atoms with Crippen molar-refractivity contribution in [1.29, 1.82) is 21.0 Å². The number of aromatic nitrogens is 2. The number of rotatable bonds is 4. The maximum absolute atomic E-state index is 10.1. The molecule has 238 valence electrons. The molecule has 0 spiro atoms. The van der Waals surface area contributed by atoms with Gasteiger partial charge in [-0.1, -0.05) is 66.7 Å². The third kappa shape index (κ3) is 4.54. The van der Waals surface area contributed by atoms with E-state index in [0.29, 0.717) is 33.4 Å². The number of nitriles is 4. The Morgan fingerprint density at radius 3 is 1.37 bits per heavy atom. The van der Waals surface area contributed by atoms with Gasteiger partial charge in [-0.2, -0.15) is 21.0 Å². The summed E-state index contributed by atoms with van der Waals surface area (Å²) in [5.41, 5.74) is 10.9. The van der Waals surface area contributed by atoms with Crippen molar-refractivity contribution >= 4 is 43.6 Å². The fourth-order valence-corrected chi connectivity index (χ4v) is 7.57. The minimum Gasteiger partial charge on any atom is -0.309 e. The Bertz CT molecular complexity index is 3080. The van der Waals surface area contributed by atoms with Crippen LogP contribution in [0.15, 0.2) is 146 Å². The van der Waals surface area contributed by atoms with Gasteiger partial charge in [-0.3, -0.25) is 0 Å². The van der Waals surface area contributed by atoms with E-state index >= 15 is 0 Å². The molecule has 2 aromatic heterocycles. The normalized spacial score (nSPS) is 11.0. The van der Waals surface area contributed by atoms with E-state index in [1.165, 1.54) is 0 Å². The van der Waals surface area contributed by atoms with Crippen LogP contribution in [-0.4, -0.2) is 9.13 Å². The Morgan fingerprint density at radius 2 is 0.808 bits per heavy atom. The molecule has 0 fully saturated rings. The molecule has 6 heteroatoms. The highest BCUT2D eigenvalue weighted by Crippen LogP contribution is 2.41. The van der Waals surface area contributed by atoms with Gasteiger partial charge in [-0.05, 0) is 84.4 Å². The monoisotopic (exact) mass is 660 g/mol. The number of nitrogens with zero attached hydrogens (tertiary/aromatic N) is 6. The second kappa shape index (κ2) is 11.9. The molecule has 0 atom stereocenters. The number of benzene rings is 7. The van der Waals surface area contributed by atoms with E-state index in [1.807, 2.05) is 36.4 Å². The third-order valence-electron chi connectivity index (χ3n) is 9.86. The largest absolute Gasteiger partial charge is 0.309 e. The van der Waals surface area contributed by atoms with Crippen molar-refractivity contribution in [2.45, 2.75) is 0 Å². The number of hydrogen-bond acceptors (Lipinski definition) is 4. The molecule has 0 N–H and O–H groups in total. The number of fused-ring (bicyclic) bond motifs is 6. The van der Waals surface area contributed by atoms with Gasteiger partial charge in [0.15, 0.2) is 0 Å². The van der Waals surface area contributed by atoms with Gasteiger partial charge in [0, 0.05) is 38.2 Å². The molecule has 0 saturated heterocycles. The zero-order chi connectivity index (χ0) is 35.3. The Labute approximate surface area is 298 Å². The molecular weight excluding hydrogens is 637 g/mol. The molecule has 9 aromatic rings. The van der Waals surface area contributed by atoms with E-state index < -0.39 is 0 Å². The highest BCUT2D eigenvalue weighted by Gasteiger charge is 2.21. The van der Waals surface area contributed by atoms with Gasteiger partial charge in [0.1, 0.15) is 0 Å². The number of para-hydroxylation sites is 3. The first-order chi connectivity index (χ1) is 25.6. The SMILES string of the molecule is N#Cc1ccc(-c2cc(C#N)ccc2-n2c3ccccc3c3cc(-c4cc(C#N)ccc4-n4c5ccccc5c5ccccc54)ccc32)c(C#N)c1. The van der Waals surface area contributed by atoms with Crippen LogP contribution in [-0.2, 0) is 0 Å². The molecular formula is C46H24N6. The first kappa shape index (κ1) is 30.2. The summed E-state index contributed by atoms with van der Waals surface area (Å²) in [6.45, 7) is 0. The average molecular weight is 661 g/mol. The van der Waals surface area contributed by atoms with E-state index in [2.05, 4.69) is 112 Å². The molecule has 0 aliphatic heterocycles. The lowest BCUT2D eigenvalue weighted by atomic mass is 9.95. The van der Waals surface area contributed by atoms with Crippen LogP contribution in [0, 0.1) is 45.3 Å². The Hall–Kier alpha value is -7.90. The highest BCUT2D eigenvalue weighted by atomic mass is 15.0. The fourth-order valence-electron chi connectivity index (χ4n) is 7.57. The van der Waals surface area contributed by atoms with Crippen LogP contribution in [0.4, 0.5) is 0 Å². The lowest BCUT2D eigenvalue weighted by Gasteiger charge is -2.16. The first-order valence-electron chi connectivity index (χ1n) is 16.7. The minimum absolute atomic E-state index is 0.355. The van der Waals surface area contributed by atoms with Gasteiger partial charge >= 0.3 is 0 Å². The van der Waals surface area contributed by atoms with Crippen molar-refractivity contribution in [1.82, 2.24) is 9.13 Å². The first-order valence-corrected chi connectivity index (χ1v) is 16.7. The molecule has 7 aromatic carbocycles. The van der Waals surface area contributed by atoms with E-state index in [0.717, 1.165) is 66.1 Å². The van der Waals surface area contributed by atoms with Gasteiger partial charge < -0.3 is 9.13 Å². The fraction of sp³-hybridized carbons (Fsp3) is 0. The van der Waals surface area contributed by atoms with Crippen LogP contribution in [0.2, 0.25) is 0 Å². The lowest BCUT2D eigenvalue weighted by molar-refractivity contribution is 1.17. The summed E-state index contributed by atoms with van der Waals surface area (Å²) < 4.78 is 4.45. The molecule has 52 heavy (non-hydrogen) atoms. The van der Waals surface area contributed by atoms with Crippen LogP contribution in [0.3, 0.4) is 0 Å². The number of hydrogen-bond donors (Lipinski definition) is 0. The van der Waals surface area contributed by atoms with Crippen molar-refractivity contribution in [3.63, 3.8) is 0 Å². The van der Waals surface area contributed by atoms with Crippen LogP contribution in [0.25, 0.3) is 77.2 Å². The van der Waals surface area contributed by atoms with E-state index in [4.69, 9.17) is 0 Å². The molecule has 0 aliphatic carbocycles. The van der Waals surface area contributed by atoms with Crippen molar-refractivity contribution in [2.24, 2.45) is 0 Å². The second-order valence-electron chi connectivity index (χ2n) is 12.6. The van der Waals surface area contributed by atoms with E-state index in [-0.39, 0.29) is 0 Å². The summed E-state index contributed by atoms with van der Waals surface area (Å²) in [6, 6.07) is 56.8. The molecule has 2 heterocycles. The molecule has 0 aliphatic rings. The zero-order valence-corrected chi connectivity index (χ0v) is 27.5. The van der Waals surface area contributed by atoms with Crippen LogP contribution in [0.1, 0.15) is 22.3 Å². The van der Waals surface area contributed by atoms with Gasteiger partial charge in [0.05, 0.1) is 80.0 Å². The molecule has 0 unspecified atom stereocenters. The molecule has 0 bridgehead atoms. The maximum Gasteiger partial charge on any atom is 0.0998 e. The van der Waals surface area contributed by atoms with E-state index in [1.54, 1.807) is 30.3 Å². The highest BCUT2D eigenvalue weighted by molar-refractivity contribution is 6.12. The molecule has 9 rings (SSSR count). The zero-order valence-electron chi connectivity index (χ0n) is 27.5. The van der Waals surface area contributed by atoms with E-state index in [9.17, 15) is 21.0 Å². The second-order valence-corrected chi connectivity index (χ2v) is 12.6. The summed E-state index contributed by atoms with van der Waals surface area (Å²) in [7, 11) is 0. The summed E-state index contributed by atoms with van der Waals surface area (Å²) in [6.07, 6.45) is 0.